The van der Waals surface area contributed by atoms with Crippen LogP contribution < -0.4 is 5.32 Å². The lowest BCUT2D eigenvalue weighted by molar-refractivity contribution is -0.119. The molecule has 3 rings (SSSR count). The second-order valence-corrected chi connectivity index (χ2v) is 6.02. The van der Waals surface area contributed by atoms with E-state index in [1.165, 1.54) is 6.92 Å². The molecule has 1 amide bonds. The first kappa shape index (κ1) is 15.7. The number of carbonyl (C=O) groups excluding carboxylic acids is 1. The van der Waals surface area contributed by atoms with E-state index in [1.807, 2.05) is 25.1 Å². The summed E-state index contributed by atoms with van der Waals surface area (Å²) in [5.41, 5.74) is 2.91. The van der Waals surface area contributed by atoms with Crippen molar-refractivity contribution in [2.75, 3.05) is 6.54 Å². The van der Waals surface area contributed by atoms with Crippen molar-refractivity contribution in [2.24, 2.45) is 0 Å². The first-order valence-electron chi connectivity index (χ1n) is 7.98. The summed E-state index contributed by atoms with van der Waals surface area (Å²) < 4.78 is 5.16. The minimum Gasteiger partial charge on any atom is -0.361 e. The number of nitrogens with zero attached hydrogens (tertiary/aromatic N) is 3. The van der Waals surface area contributed by atoms with Gasteiger partial charge >= 0.3 is 0 Å². The molecule has 1 atom stereocenters. The van der Waals surface area contributed by atoms with Gasteiger partial charge in [-0.3, -0.25) is 14.7 Å². The Hall–Kier alpha value is -2.21. The zero-order chi connectivity index (χ0) is 16.2. The minimum atomic E-state index is -0.0407. The maximum atomic E-state index is 11.1. The highest BCUT2D eigenvalue weighted by Crippen LogP contribution is 2.32. The van der Waals surface area contributed by atoms with Crippen LogP contribution in [0.5, 0.6) is 0 Å². The maximum Gasteiger partial charge on any atom is 0.217 e. The van der Waals surface area contributed by atoms with Crippen molar-refractivity contribution in [1.82, 2.24) is 20.4 Å². The summed E-state index contributed by atoms with van der Waals surface area (Å²) in [6.07, 6.45) is 2.24. The molecular formula is C17H22N4O2. The van der Waals surface area contributed by atoms with Gasteiger partial charge in [-0.05, 0) is 38.4 Å². The first-order valence-corrected chi connectivity index (χ1v) is 7.98. The maximum absolute atomic E-state index is 11.1. The number of likely N-dealkylation sites (tertiary alicyclic amines) is 1. The summed E-state index contributed by atoms with van der Waals surface area (Å²) in [5, 5.41) is 6.89. The third-order valence-corrected chi connectivity index (χ3v) is 4.09. The summed E-state index contributed by atoms with van der Waals surface area (Å²) in [6.45, 7) is 5.71. The van der Waals surface area contributed by atoms with Crippen LogP contribution in [0.25, 0.3) is 0 Å². The van der Waals surface area contributed by atoms with Gasteiger partial charge in [0, 0.05) is 19.5 Å². The summed E-state index contributed by atoms with van der Waals surface area (Å²) in [7, 11) is 0. The van der Waals surface area contributed by atoms with Crippen molar-refractivity contribution in [3.8, 4) is 0 Å². The Bertz CT molecular complexity index is 683. The van der Waals surface area contributed by atoms with Crippen molar-refractivity contribution in [1.29, 1.82) is 0 Å². The Morgan fingerprint density at radius 1 is 1.43 bits per heavy atom. The van der Waals surface area contributed by atoms with E-state index in [-0.39, 0.29) is 5.91 Å². The van der Waals surface area contributed by atoms with E-state index in [4.69, 9.17) is 9.51 Å². The fourth-order valence-electron chi connectivity index (χ4n) is 3.05. The van der Waals surface area contributed by atoms with Gasteiger partial charge in [-0.2, -0.15) is 0 Å². The van der Waals surface area contributed by atoms with Crippen LogP contribution in [0.1, 0.15) is 48.6 Å². The molecule has 1 N–H and O–H groups in total. The Morgan fingerprint density at radius 2 is 2.30 bits per heavy atom. The number of carbonyl (C=O) groups is 1. The van der Waals surface area contributed by atoms with E-state index in [0.29, 0.717) is 12.6 Å². The SMILES string of the molecule is CC(=O)NCc1cccc(C2CCCN2Cc2cc(C)on2)n1. The number of amides is 1. The van der Waals surface area contributed by atoms with Crippen LogP contribution in [0.15, 0.2) is 28.8 Å². The smallest absolute Gasteiger partial charge is 0.217 e. The van der Waals surface area contributed by atoms with Crippen molar-refractivity contribution >= 4 is 5.91 Å². The quantitative estimate of drug-likeness (QED) is 0.917. The van der Waals surface area contributed by atoms with Crippen LogP contribution in [-0.2, 0) is 17.9 Å². The molecular weight excluding hydrogens is 292 g/mol. The van der Waals surface area contributed by atoms with Crippen LogP contribution in [0, 0.1) is 6.92 Å². The monoisotopic (exact) mass is 314 g/mol. The van der Waals surface area contributed by atoms with E-state index in [1.54, 1.807) is 0 Å². The van der Waals surface area contributed by atoms with E-state index in [2.05, 4.69) is 21.4 Å². The standard InChI is InChI=1S/C17H22N4O2/c1-12-9-15(20-23-12)11-21-8-4-7-17(21)16-6-3-5-14(19-16)10-18-13(2)22/h3,5-6,9,17H,4,7-8,10-11H2,1-2H3,(H,18,22). The Kier molecular flexibility index (Phi) is 4.71. The number of hydrogen-bond donors (Lipinski definition) is 1. The van der Waals surface area contributed by atoms with Gasteiger partial charge in [-0.1, -0.05) is 11.2 Å². The number of rotatable bonds is 5. The summed E-state index contributed by atoms with van der Waals surface area (Å²) >= 11 is 0. The van der Waals surface area contributed by atoms with Crippen molar-refractivity contribution in [3.63, 3.8) is 0 Å². The molecule has 23 heavy (non-hydrogen) atoms. The predicted octanol–water partition coefficient (Wildman–Crippen LogP) is 2.35. The van der Waals surface area contributed by atoms with Crippen LogP contribution in [-0.4, -0.2) is 27.5 Å². The highest BCUT2D eigenvalue weighted by Gasteiger charge is 2.27. The van der Waals surface area contributed by atoms with E-state index >= 15 is 0 Å². The molecule has 1 aliphatic heterocycles. The third-order valence-electron chi connectivity index (χ3n) is 4.09. The van der Waals surface area contributed by atoms with Gasteiger partial charge in [0.25, 0.3) is 0 Å². The van der Waals surface area contributed by atoms with Gasteiger partial charge in [-0.15, -0.1) is 0 Å². The number of pyridine rings is 1. The topological polar surface area (TPSA) is 71.3 Å². The zero-order valence-electron chi connectivity index (χ0n) is 13.6. The summed E-state index contributed by atoms with van der Waals surface area (Å²) in [4.78, 5) is 18.2. The molecule has 0 saturated carbocycles. The molecule has 0 spiro atoms. The van der Waals surface area contributed by atoms with Gasteiger partial charge in [0.2, 0.25) is 5.91 Å². The Morgan fingerprint density at radius 3 is 3.04 bits per heavy atom. The Balaban J connectivity index is 1.71. The second kappa shape index (κ2) is 6.91. The van der Waals surface area contributed by atoms with Crippen molar-refractivity contribution in [3.05, 3.63) is 47.1 Å². The fraction of sp³-hybridized carbons (Fsp3) is 0.471. The number of aromatic nitrogens is 2. The molecule has 1 unspecified atom stereocenters. The fourth-order valence-corrected chi connectivity index (χ4v) is 3.05. The van der Waals surface area contributed by atoms with E-state index < -0.39 is 0 Å². The minimum absolute atomic E-state index is 0.0407. The molecule has 0 aromatic carbocycles. The molecule has 6 heteroatoms. The predicted molar refractivity (Wildman–Crippen MR) is 85.4 cm³/mol. The zero-order valence-corrected chi connectivity index (χ0v) is 13.6. The van der Waals surface area contributed by atoms with Gasteiger partial charge < -0.3 is 9.84 Å². The molecule has 0 bridgehead atoms. The van der Waals surface area contributed by atoms with Crippen molar-refractivity contribution < 1.29 is 9.32 Å². The van der Waals surface area contributed by atoms with Gasteiger partial charge in [-0.25, -0.2) is 0 Å². The van der Waals surface area contributed by atoms with Crippen LogP contribution in [0.2, 0.25) is 0 Å². The molecule has 3 heterocycles. The lowest BCUT2D eigenvalue weighted by Gasteiger charge is -2.23. The summed E-state index contributed by atoms with van der Waals surface area (Å²) in [6, 6.07) is 8.30. The lowest BCUT2D eigenvalue weighted by Crippen LogP contribution is -2.24. The van der Waals surface area contributed by atoms with Crippen LogP contribution in [0.4, 0.5) is 0 Å². The van der Waals surface area contributed by atoms with Gasteiger partial charge in [0.15, 0.2) is 0 Å². The molecule has 1 aliphatic rings. The molecule has 122 valence electrons. The lowest BCUT2D eigenvalue weighted by atomic mass is 10.1. The average molecular weight is 314 g/mol. The van der Waals surface area contributed by atoms with E-state index in [0.717, 1.165) is 48.8 Å². The average Bonchev–Trinajstić information content (AvgIpc) is 3.15. The number of aryl methyl sites for hydroxylation is 1. The van der Waals surface area contributed by atoms with Gasteiger partial charge in [0.05, 0.1) is 29.7 Å². The highest BCUT2D eigenvalue weighted by molar-refractivity contribution is 5.72. The van der Waals surface area contributed by atoms with Crippen LogP contribution >= 0.6 is 0 Å². The molecule has 2 aromatic rings. The van der Waals surface area contributed by atoms with Crippen LogP contribution in [0.3, 0.4) is 0 Å². The molecule has 1 saturated heterocycles. The molecule has 0 aliphatic carbocycles. The van der Waals surface area contributed by atoms with Gasteiger partial charge in [0.1, 0.15) is 5.76 Å². The molecule has 6 nitrogen and oxygen atoms in total. The first-order chi connectivity index (χ1) is 11.1. The normalized spacial score (nSPS) is 18.3. The largest absolute Gasteiger partial charge is 0.361 e. The molecule has 2 aromatic heterocycles. The third kappa shape index (κ3) is 3.96. The van der Waals surface area contributed by atoms with Crippen molar-refractivity contribution in [2.45, 2.75) is 45.8 Å². The second-order valence-electron chi connectivity index (χ2n) is 6.02. The number of hydrogen-bond acceptors (Lipinski definition) is 5. The Labute approximate surface area is 135 Å². The van der Waals surface area contributed by atoms with E-state index in [9.17, 15) is 4.79 Å². The molecule has 1 fully saturated rings. The number of nitrogens with one attached hydrogen (secondary N) is 1. The summed E-state index contributed by atoms with van der Waals surface area (Å²) in [5.74, 6) is 0.798. The molecule has 0 radical (unpaired) electrons. The highest BCUT2D eigenvalue weighted by atomic mass is 16.5.